The Morgan fingerprint density at radius 3 is 1.56 bits per heavy atom. The number of carboxylic acids is 4. The van der Waals surface area contributed by atoms with Crippen molar-refractivity contribution in [2.45, 2.75) is 43.7 Å². The molecule has 0 amide bonds. The fourth-order valence-electron chi connectivity index (χ4n) is 1.31. The second-order valence-electron chi connectivity index (χ2n) is 4.63. The number of unbranched alkanes of at least 4 members (excludes halogenated alkanes) is 1. The number of carbonyl (C=O) groups excluding carboxylic acids is 4. The van der Waals surface area contributed by atoms with E-state index in [1.54, 1.807) is 0 Å². The summed E-state index contributed by atoms with van der Waals surface area (Å²) in [6.07, 6.45) is -0.682. The van der Waals surface area contributed by atoms with E-state index in [-0.39, 0.29) is 75.5 Å². The molecule has 0 aliphatic carbocycles. The van der Waals surface area contributed by atoms with Gasteiger partial charge in [-0.25, -0.2) is 0 Å². The summed E-state index contributed by atoms with van der Waals surface area (Å²) in [7, 11) is 0. The van der Waals surface area contributed by atoms with Crippen molar-refractivity contribution in [1.29, 1.82) is 0 Å². The van der Waals surface area contributed by atoms with Crippen LogP contribution >= 0.6 is 0 Å². The molecule has 5 N–H and O–H groups in total. The monoisotopic (exact) mass is 414 g/mol. The van der Waals surface area contributed by atoms with Gasteiger partial charge in [-0.1, -0.05) is 6.42 Å². The van der Waals surface area contributed by atoms with Crippen LogP contribution < -0.4 is 31.9 Å². The van der Waals surface area contributed by atoms with Crippen LogP contribution in [-0.4, -0.2) is 123 Å². The Morgan fingerprint density at radius 1 is 0.920 bits per heavy atom. The van der Waals surface area contributed by atoms with E-state index < -0.39 is 48.4 Å². The fraction of sp³-hybridized carbons (Fsp3) is 0.667. The second-order valence-corrected chi connectivity index (χ2v) is 4.63. The minimum atomic E-state index is -2.97. The maximum absolute atomic E-state index is 10.1. The summed E-state index contributed by atoms with van der Waals surface area (Å²) in [5.41, 5.74) is 7.37. The third-order valence-corrected chi connectivity index (χ3v) is 2.53. The first-order valence-electron chi connectivity index (χ1n) is 6.46. The predicted molar refractivity (Wildman–Crippen MR) is 76.6 cm³/mol. The summed E-state index contributed by atoms with van der Waals surface area (Å²) in [5, 5.41) is 49.0. The molecule has 1 atom stereocenters. The normalized spacial score (nSPS) is 10.8. The predicted octanol–water partition coefficient (Wildman–Crippen LogP) is -7.82. The molecule has 134 valence electrons. The summed E-state index contributed by atoms with van der Waals surface area (Å²) >= 11 is 0. The van der Waals surface area contributed by atoms with Crippen molar-refractivity contribution in [1.82, 2.24) is 0 Å². The molecule has 0 fully saturated rings. The topological polar surface area (TPSA) is 233 Å². The van der Waals surface area contributed by atoms with Gasteiger partial charge in [0.15, 0.2) is 0 Å². The van der Waals surface area contributed by atoms with E-state index in [9.17, 15) is 39.6 Å². The van der Waals surface area contributed by atoms with Crippen LogP contribution in [0.1, 0.15) is 32.1 Å². The second kappa shape index (κ2) is 17.7. The number of aliphatic carboxylic acids is 4. The number of carboxylic acid groups (broad SMARTS) is 4. The van der Waals surface area contributed by atoms with Gasteiger partial charge in [0.25, 0.3) is 0 Å². The number of rotatable bonds is 10. The molecule has 0 unspecified atom stereocenters. The molecule has 0 aliphatic rings. The molecular weight excluding hydrogens is 396 g/mol. The largest absolute Gasteiger partial charge is 2.00 e. The van der Waals surface area contributed by atoms with Gasteiger partial charge in [-0.3, -0.25) is 0 Å². The molecule has 0 bridgehead atoms. The molecule has 13 heteroatoms. The summed E-state index contributed by atoms with van der Waals surface area (Å²) in [5.74, 6) is -7.17. The molecule has 11 nitrogen and oxygen atoms in total. The zero-order chi connectivity index (χ0) is 18.6. The van der Waals surface area contributed by atoms with Gasteiger partial charge in [0.1, 0.15) is 5.60 Å². The van der Waals surface area contributed by atoms with Gasteiger partial charge in [-0.2, -0.15) is 0 Å². The first kappa shape index (κ1) is 32.9. The van der Waals surface area contributed by atoms with E-state index in [2.05, 4.69) is 0 Å². The molecule has 0 aliphatic heterocycles. The van der Waals surface area contributed by atoms with Crippen LogP contribution in [0.25, 0.3) is 0 Å². The molecule has 0 aromatic rings. The Balaban J connectivity index is -0.000000168. The summed E-state index contributed by atoms with van der Waals surface area (Å²) in [6.45, 7) is 0.583. The molecule has 0 radical (unpaired) electrons. The van der Waals surface area contributed by atoms with E-state index >= 15 is 0 Å². The maximum atomic E-state index is 10.1. The Labute approximate surface area is 203 Å². The third-order valence-electron chi connectivity index (χ3n) is 2.53. The van der Waals surface area contributed by atoms with Crippen LogP contribution in [-0.2, 0) is 19.2 Å². The molecule has 0 aromatic heterocycles. The van der Waals surface area contributed by atoms with Crippen LogP contribution in [0.5, 0.6) is 0 Å². The molecule has 0 rings (SSSR count). The van der Waals surface area contributed by atoms with Gasteiger partial charge < -0.3 is 56.2 Å². The standard InChI is InChI=1S/C6H14N2O2.C6H8O7.2Ca/c7-4-2-1-3-5(8)6(9)10;7-3(8)1-6(13,5(11)12)2-4(9)10;;/h5H,1-4,7-8H2,(H,9,10);13H,1-2H2,(H,7,8)(H,9,10)(H,11,12);;/q;;2*+2/p-4/t5-;;;/m0.../s1. The van der Waals surface area contributed by atoms with Gasteiger partial charge in [-0.15, -0.1) is 0 Å². The van der Waals surface area contributed by atoms with Gasteiger partial charge in [0.2, 0.25) is 0 Å². The van der Waals surface area contributed by atoms with Crippen LogP contribution in [0, 0.1) is 0 Å². The van der Waals surface area contributed by atoms with Crippen molar-refractivity contribution in [2.75, 3.05) is 6.54 Å². The number of nitrogens with two attached hydrogens (primary N) is 2. The smallest absolute Gasteiger partial charge is 0.550 e. The van der Waals surface area contributed by atoms with E-state index in [0.29, 0.717) is 13.0 Å². The molecule has 0 spiro atoms. The van der Waals surface area contributed by atoms with E-state index in [1.807, 2.05) is 0 Å². The van der Waals surface area contributed by atoms with Crippen molar-refractivity contribution in [3.8, 4) is 0 Å². The minimum absolute atomic E-state index is 0. The van der Waals surface area contributed by atoms with Crippen molar-refractivity contribution < 1.29 is 44.7 Å². The first-order valence-corrected chi connectivity index (χ1v) is 6.46. The van der Waals surface area contributed by atoms with E-state index in [4.69, 9.17) is 16.6 Å². The number of hydrogen-bond donors (Lipinski definition) is 3. The minimum Gasteiger partial charge on any atom is -0.550 e. The van der Waals surface area contributed by atoms with Gasteiger partial charge in [0, 0.05) is 30.8 Å². The SMILES string of the molecule is NCCCC[C@H](N)C(=O)[O-].O=C([O-])CC(O)(CC(=O)[O-])C(=O)[O-].[Ca+2].[Ca+2]. The molecule has 0 heterocycles. The Hall–Kier alpha value is 0.279. The van der Waals surface area contributed by atoms with Crippen molar-refractivity contribution in [2.24, 2.45) is 11.5 Å². The Kier molecular flexibility index (Phi) is 23.3. The van der Waals surface area contributed by atoms with Crippen molar-refractivity contribution in [3.05, 3.63) is 0 Å². The number of aliphatic hydroxyl groups is 1. The van der Waals surface area contributed by atoms with Crippen molar-refractivity contribution >= 4 is 99.4 Å². The summed E-state index contributed by atoms with van der Waals surface area (Å²) < 4.78 is 0. The van der Waals surface area contributed by atoms with Crippen LogP contribution in [0.3, 0.4) is 0 Å². The average Bonchev–Trinajstić information content (AvgIpc) is 2.37. The molecule has 0 saturated carbocycles. The van der Waals surface area contributed by atoms with Gasteiger partial charge in [-0.05, 0) is 19.4 Å². The molecule has 0 aromatic carbocycles. The Morgan fingerprint density at radius 2 is 1.32 bits per heavy atom. The van der Waals surface area contributed by atoms with Crippen molar-refractivity contribution in [3.63, 3.8) is 0 Å². The molecule has 25 heavy (non-hydrogen) atoms. The zero-order valence-corrected chi connectivity index (χ0v) is 18.0. The first-order chi connectivity index (χ1) is 10.5. The van der Waals surface area contributed by atoms with E-state index in [1.165, 1.54) is 0 Å². The summed E-state index contributed by atoms with van der Waals surface area (Å²) in [6, 6.07) is -0.827. The van der Waals surface area contributed by atoms with Gasteiger partial charge in [0.05, 0.1) is 11.9 Å². The Bertz CT molecular complexity index is 419. The summed E-state index contributed by atoms with van der Waals surface area (Å²) in [4.78, 5) is 40.0. The maximum Gasteiger partial charge on any atom is 2.00 e. The van der Waals surface area contributed by atoms with Crippen LogP contribution in [0.15, 0.2) is 0 Å². The van der Waals surface area contributed by atoms with Crippen LogP contribution in [0.4, 0.5) is 0 Å². The fourth-order valence-corrected chi connectivity index (χ4v) is 1.31. The zero-order valence-electron chi connectivity index (χ0n) is 13.6. The quantitative estimate of drug-likeness (QED) is 0.224. The van der Waals surface area contributed by atoms with Gasteiger partial charge >= 0.3 is 75.5 Å². The number of hydrogen-bond acceptors (Lipinski definition) is 11. The average molecular weight is 414 g/mol. The molecule has 0 saturated heterocycles. The number of carbonyl (C=O) groups is 4. The van der Waals surface area contributed by atoms with Crippen LogP contribution in [0.2, 0.25) is 0 Å². The third kappa shape index (κ3) is 18.9. The van der Waals surface area contributed by atoms with E-state index in [0.717, 1.165) is 12.8 Å². The molecular formula is C12H18Ca2N2O9.